The van der Waals surface area contributed by atoms with Crippen LogP contribution in [0.4, 0.5) is 19.0 Å². The maximum absolute atomic E-state index is 12.9. The molecule has 1 aromatic carbocycles. The minimum absolute atomic E-state index is 0.0655. The zero-order chi connectivity index (χ0) is 19.3. The number of hydrogen-bond acceptors (Lipinski definition) is 6. The first-order valence-corrected chi connectivity index (χ1v) is 9.78. The van der Waals surface area contributed by atoms with E-state index >= 15 is 0 Å². The number of nitrogens with zero attached hydrogens (tertiary/aromatic N) is 4. The third-order valence-electron chi connectivity index (χ3n) is 5.02. The van der Waals surface area contributed by atoms with Gasteiger partial charge >= 0.3 is 6.18 Å². The molecular formula is C19H15F3N4OS. The summed E-state index contributed by atoms with van der Waals surface area (Å²) in [5, 5.41) is 2.53. The molecule has 0 N–H and O–H groups in total. The van der Waals surface area contributed by atoms with Crippen LogP contribution in [0.25, 0.3) is 22.1 Å². The largest absolute Gasteiger partial charge is 0.450 e. The van der Waals surface area contributed by atoms with E-state index in [1.807, 2.05) is 24.3 Å². The number of hydrogen-bond donors (Lipinski definition) is 0. The number of rotatable bonds is 2. The van der Waals surface area contributed by atoms with E-state index in [9.17, 15) is 13.2 Å². The lowest BCUT2D eigenvalue weighted by Gasteiger charge is -2.32. The lowest BCUT2D eigenvalue weighted by Crippen LogP contribution is -2.35. The van der Waals surface area contributed by atoms with Gasteiger partial charge < -0.3 is 9.32 Å². The summed E-state index contributed by atoms with van der Waals surface area (Å²) in [4.78, 5) is 14.7. The smallest absolute Gasteiger partial charge is 0.434 e. The SMILES string of the molecule is FC(F)(F)c1csc(C2CCCN(c3ncnc4c3oc3ccccc34)C2)n1. The first kappa shape index (κ1) is 17.4. The van der Waals surface area contributed by atoms with Crippen LogP contribution in [0.5, 0.6) is 0 Å². The van der Waals surface area contributed by atoms with Gasteiger partial charge in [0.1, 0.15) is 17.4 Å². The Morgan fingerprint density at radius 1 is 1.18 bits per heavy atom. The number of piperidine rings is 1. The summed E-state index contributed by atoms with van der Waals surface area (Å²) in [6.45, 7) is 1.31. The minimum Gasteiger partial charge on any atom is -0.450 e. The van der Waals surface area contributed by atoms with Gasteiger partial charge in [-0.25, -0.2) is 15.0 Å². The predicted octanol–water partition coefficient (Wildman–Crippen LogP) is 5.24. The molecule has 0 amide bonds. The molecule has 1 aliphatic rings. The van der Waals surface area contributed by atoms with Crippen LogP contribution in [0.3, 0.4) is 0 Å². The van der Waals surface area contributed by atoms with Crippen molar-refractivity contribution in [2.75, 3.05) is 18.0 Å². The Balaban J connectivity index is 1.49. The molecule has 5 rings (SSSR count). The maximum Gasteiger partial charge on any atom is 0.434 e. The predicted molar refractivity (Wildman–Crippen MR) is 101 cm³/mol. The molecule has 1 aliphatic heterocycles. The Morgan fingerprint density at radius 3 is 2.86 bits per heavy atom. The van der Waals surface area contributed by atoms with Crippen molar-refractivity contribution in [3.63, 3.8) is 0 Å². The van der Waals surface area contributed by atoms with Crippen LogP contribution in [-0.4, -0.2) is 28.0 Å². The number of alkyl halides is 3. The second kappa shape index (κ2) is 6.44. The lowest BCUT2D eigenvalue weighted by atomic mass is 9.98. The summed E-state index contributed by atoms with van der Waals surface area (Å²) in [7, 11) is 0. The minimum atomic E-state index is -4.41. The third kappa shape index (κ3) is 2.90. The number of furan rings is 1. The second-order valence-electron chi connectivity index (χ2n) is 6.83. The lowest BCUT2D eigenvalue weighted by molar-refractivity contribution is -0.140. The van der Waals surface area contributed by atoms with Gasteiger partial charge in [0.05, 0.1) is 5.01 Å². The van der Waals surface area contributed by atoms with Crippen molar-refractivity contribution in [2.45, 2.75) is 24.9 Å². The average molecular weight is 404 g/mol. The molecule has 28 heavy (non-hydrogen) atoms. The van der Waals surface area contributed by atoms with E-state index in [0.717, 1.165) is 52.6 Å². The fraction of sp³-hybridized carbons (Fsp3) is 0.316. The number of halogens is 3. The highest BCUT2D eigenvalue weighted by Crippen LogP contribution is 2.38. The van der Waals surface area contributed by atoms with Crippen molar-refractivity contribution in [3.05, 3.63) is 46.7 Å². The normalized spacial score (nSPS) is 18.2. The van der Waals surface area contributed by atoms with E-state index < -0.39 is 11.9 Å². The molecule has 0 bridgehead atoms. The molecule has 1 fully saturated rings. The second-order valence-corrected chi connectivity index (χ2v) is 7.72. The van der Waals surface area contributed by atoms with Gasteiger partial charge in [-0.15, -0.1) is 11.3 Å². The zero-order valence-corrected chi connectivity index (χ0v) is 15.4. The Bertz CT molecular complexity index is 1150. The van der Waals surface area contributed by atoms with E-state index in [4.69, 9.17) is 4.42 Å². The van der Waals surface area contributed by atoms with Crippen LogP contribution in [0, 0.1) is 0 Å². The Hall–Kier alpha value is -2.68. The van der Waals surface area contributed by atoms with E-state index in [1.165, 1.54) is 6.33 Å². The van der Waals surface area contributed by atoms with Crippen molar-refractivity contribution in [1.82, 2.24) is 15.0 Å². The number of anilines is 1. The number of thiazole rings is 1. The first-order chi connectivity index (χ1) is 13.5. The van der Waals surface area contributed by atoms with E-state index in [0.29, 0.717) is 23.0 Å². The highest BCUT2D eigenvalue weighted by molar-refractivity contribution is 7.09. The maximum atomic E-state index is 12.9. The van der Waals surface area contributed by atoms with Crippen molar-refractivity contribution >= 4 is 39.2 Å². The summed E-state index contributed by atoms with van der Waals surface area (Å²) in [6.07, 6.45) is -1.25. The van der Waals surface area contributed by atoms with Crippen molar-refractivity contribution < 1.29 is 17.6 Å². The topological polar surface area (TPSA) is 55.1 Å². The molecule has 4 heterocycles. The van der Waals surface area contributed by atoms with Crippen LogP contribution < -0.4 is 4.90 Å². The fourth-order valence-corrected chi connectivity index (χ4v) is 4.67. The highest BCUT2D eigenvalue weighted by atomic mass is 32.1. The molecule has 3 aromatic heterocycles. The summed E-state index contributed by atoms with van der Waals surface area (Å²) in [5.41, 5.74) is 1.28. The van der Waals surface area contributed by atoms with Crippen molar-refractivity contribution in [2.24, 2.45) is 0 Å². The van der Waals surface area contributed by atoms with Gasteiger partial charge in [-0.1, -0.05) is 12.1 Å². The molecule has 5 nitrogen and oxygen atoms in total. The van der Waals surface area contributed by atoms with Crippen LogP contribution >= 0.6 is 11.3 Å². The van der Waals surface area contributed by atoms with Crippen molar-refractivity contribution in [1.29, 1.82) is 0 Å². The van der Waals surface area contributed by atoms with Crippen LogP contribution in [0.2, 0.25) is 0 Å². The summed E-state index contributed by atoms with van der Waals surface area (Å²) >= 11 is 1.07. The average Bonchev–Trinajstić information content (AvgIpc) is 3.33. The highest BCUT2D eigenvalue weighted by Gasteiger charge is 2.35. The van der Waals surface area contributed by atoms with Gasteiger partial charge in [0.15, 0.2) is 17.1 Å². The summed E-state index contributed by atoms with van der Waals surface area (Å²) in [5.74, 6) is 0.614. The summed E-state index contributed by atoms with van der Waals surface area (Å²) in [6, 6.07) is 7.66. The molecule has 0 saturated carbocycles. The first-order valence-electron chi connectivity index (χ1n) is 8.90. The molecule has 4 aromatic rings. The monoisotopic (exact) mass is 404 g/mol. The van der Waals surface area contributed by atoms with Gasteiger partial charge in [-0.3, -0.25) is 0 Å². The van der Waals surface area contributed by atoms with Crippen LogP contribution in [0.1, 0.15) is 29.5 Å². The number of fused-ring (bicyclic) bond motifs is 3. The van der Waals surface area contributed by atoms with Gasteiger partial charge in [0.2, 0.25) is 0 Å². The molecule has 1 saturated heterocycles. The molecule has 1 unspecified atom stereocenters. The Kier molecular flexibility index (Phi) is 4.01. The quantitative estimate of drug-likeness (QED) is 0.458. The molecule has 0 radical (unpaired) electrons. The number of aromatic nitrogens is 3. The standard InChI is InChI=1S/C19H15F3N4OS/c20-19(21,22)14-9-28-18(25-14)11-4-3-7-26(8-11)17-16-15(23-10-24-17)12-5-1-2-6-13(12)27-16/h1-2,5-6,9-11H,3-4,7-8H2. The molecule has 9 heteroatoms. The van der Waals surface area contributed by atoms with E-state index in [1.54, 1.807) is 0 Å². The van der Waals surface area contributed by atoms with Gasteiger partial charge in [-0.05, 0) is 25.0 Å². The molecule has 144 valence electrons. The van der Waals surface area contributed by atoms with Crippen LogP contribution in [0.15, 0.2) is 40.4 Å². The molecule has 1 atom stereocenters. The zero-order valence-electron chi connectivity index (χ0n) is 14.6. The van der Waals surface area contributed by atoms with E-state index in [-0.39, 0.29) is 5.92 Å². The molecule has 0 spiro atoms. The van der Waals surface area contributed by atoms with Gasteiger partial charge in [0.25, 0.3) is 0 Å². The number of para-hydroxylation sites is 1. The molecule has 0 aliphatic carbocycles. The van der Waals surface area contributed by atoms with Crippen LogP contribution in [-0.2, 0) is 6.18 Å². The molecular weight excluding hydrogens is 389 g/mol. The van der Waals surface area contributed by atoms with E-state index in [2.05, 4.69) is 19.9 Å². The van der Waals surface area contributed by atoms with Crippen molar-refractivity contribution in [3.8, 4) is 0 Å². The fourth-order valence-electron chi connectivity index (χ4n) is 3.71. The summed E-state index contributed by atoms with van der Waals surface area (Å²) < 4.78 is 44.7. The van der Waals surface area contributed by atoms with Gasteiger partial charge in [-0.2, -0.15) is 13.2 Å². The Labute approximate surface area is 161 Å². The van der Waals surface area contributed by atoms with Gasteiger partial charge in [0, 0.05) is 29.8 Å². The Morgan fingerprint density at radius 2 is 2.04 bits per heavy atom. The number of benzene rings is 1. The third-order valence-corrected chi connectivity index (χ3v) is 6.03.